The normalized spacial score (nSPS) is 16.8. The number of rotatable bonds is 3. The van der Waals surface area contributed by atoms with Crippen molar-refractivity contribution in [2.24, 2.45) is 0 Å². The summed E-state index contributed by atoms with van der Waals surface area (Å²) in [6.07, 6.45) is 7.84. The van der Waals surface area contributed by atoms with Crippen molar-refractivity contribution in [2.45, 2.75) is 6.92 Å². The van der Waals surface area contributed by atoms with E-state index in [-0.39, 0.29) is 0 Å². The van der Waals surface area contributed by atoms with Crippen LogP contribution in [0.15, 0.2) is 36.6 Å². The third-order valence-corrected chi connectivity index (χ3v) is 1.94. The van der Waals surface area contributed by atoms with Gasteiger partial charge >= 0.3 is 0 Å². The van der Waals surface area contributed by atoms with Gasteiger partial charge in [0.15, 0.2) is 0 Å². The molecule has 80 valence electrons. The van der Waals surface area contributed by atoms with Crippen LogP contribution < -0.4 is 5.32 Å². The van der Waals surface area contributed by atoms with Crippen LogP contribution in [0.4, 0.5) is 0 Å². The first kappa shape index (κ1) is 12.9. The molecule has 3 heteroatoms. The predicted octanol–water partition coefficient (Wildman–Crippen LogP) is 1.10. The average molecular weight is 196 g/mol. The second kappa shape index (κ2) is 8.53. The zero-order valence-corrected chi connectivity index (χ0v) is 9.03. The van der Waals surface area contributed by atoms with Crippen molar-refractivity contribution in [1.29, 1.82) is 0 Å². The van der Waals surface area contributed by atoms with Crippen molar-refractivity contribution >= 4 is 0 Å². The SMILES string of the molecule is C=C/C=C\C=C(/C)N1CCNC1.CO. The Morgan fingerprint density at radius 1 is 1.43 bits per heavy atom. The highest BCUT2D eigenvalue weighted by Gasteiger charge is 2.08. The molecular weight excluding hydrogens is 176 g/mol. The molecule has 3 nitrogen and oxygen atoms in total. The zero-order valence-electron chi connectivity index (χ0n) is 9.03. The predicted molar refractivity (Wildman–Crippen MR) is 60.8 cm³/mol. The maximum atomic E-state index is 7.00. The molecule has 14 heavy (non-hydrogen) atoms. The van der Waals surface area contributed by atoms with Crippen LogP contribution in [-0.4, -0.2) is 36.9 Å². The molecule has 0 bridgehead atoms. The molecule has 0 saturated carbocycles. The van der Waals surface area contributed by atoms with Crippen molar-refractivity contribution in [2.75, 3.05) is 26.9 Å². The van der Waals surface area contributed by atoms with Crippen molar-refractivity contribution in [1.82, 2.24) is 10.2 Å². The van der Waals surface area contributed by atoms with Gasteiger partial charge in [-0.3, -0.25) is 5.32 Å². The van der Waals surface area contributed by atoms with E-state index in [9.17, 15) is 0 Å². The molecule has 0 unspecified atom stereocenters. The molecule has 0 atom stereocenters. The maximum absolute atomic E-state index is 7.00. The molecule has 2 N–H and O–H groups in total. The van der Waals surface area contributed by atoms with Crippen LogP contribution in [0.5, 0.6) is 0 Å². The van der Waals surface area contributed by atoms with Gasteiger partial charge in [0, 0.05) is 25.9 Å². The topological polar surface area (TPSA) is 35.5 Å². The third kappa shape index (κ3) is 4.84. The lowest BCUT2D eigenvalue weighted by Gasteiger charge is -2.16. The number of hydrogen-bond acceptors (Lipinski definition) is 3. The Morgan fingerprint density at radius 3 is 2.64 bits per heavy atom. The Kier molecular flexibility index (Phi) is 7.89. The molecular formula is C11H20N2O. The summed E-state index contributed by atoms with van der Waals surface area (Å²) in [7, 11) is 1.00. The van der Waals surface area contributed by atoms with Crippen LogP contribution >= 0.6 is 0 Å². The van der Waals surface area contributed by atoms with E-state index in [1.54, 1.807) is 6.08 Å². The van der Waals surface area contributed by atoms with E-state index < -0.39 is 0 Å². The van der Waals surface area contributed by atoms with Gasteiger partial charge in [-0.1, -0.05) is 24.8 Å². The molecule has 0 aromatic rings. The first-order valence-electron chi connectivity index (χ1n) is 4.71. The van der Waals surface area contributed by atoms with Gasteiger partial charge in [-0.15, -0.1) is 0 Å². The fourth-order valence-corrected chi connectivity index (χ4v) is 1.19. The Bertz CT molecular complexity index is 203. The maximum Gasteiger partial charge on any atom is 0.0680 e. The Labute approximate surface area is 86.4 Å². The van der Waals surface area contributed by atoms with Crippen LogP contribution in [-0.2, 0) is 0 Å². The summed E-state index contributed by atoms with van der Waals surface area (Å²) >= 11 is 0. The fraction of sp³-hybridized carbons (Fsp3) is 0.455. The van der Waals surface area contributed by atoms with Gasteiger partial charge in [-0.05, 0) is 13.0 Å². The summed E-state index contributed by atoms with van der Waals surface area (Å²) in [5, 5.41) is 10.3. The van der Waals surface area contributed by atoms with Gasteiger partial charge in [0.25, 0.3) is 0 Å². The van der Waals surface area contributed by atoms with E-state index in [0.717, 1.165) is 26.9 Å². The molecule has 1 rings (SSSR count). The second-order valence-corrected chi connectivity index (χ2v) is 2.85. The van der Waals surface area contributed by atoms with Crippen molar-refractivity contribution < 1.29 is 5.11 Å². The second-order valence-electron chi connectivity index (χ2n) is 2.85. The minimum Gasteiger partial charge on any atom is -0.400 e. The van der Waals surface area contributed by atoms with E-state index in [4.69, 9.17) is 5.11 Å². The van der Waals surface area contributed by atoms with E-state index in [2.05, 4.69) is 29.8 Å². The number of nitrogens with one attached hydrogen (secondary N) is 1. The molecule has 1 fully saturated rings. The summed E-state index contributed by atoms with van der Waals surface area (Å²) < 4.78 is 0. The smallest absolute Gasteiger partial charge is 0.0680 e. The quantitative estimate of drug-likeness (QED) is 0.664. The summed E-state index contributed by atoms with van der Waals surface area (Å²) in [6, 6.07) is 0. The minimum absolute atomic E-state index is 0.976. The third-order valence-electron chi connectivity index (χ3n) is 1.94. The van der Waals surface area contributed by atoms with Crippen molar-refractivity contribution in [3.63, 3.8) is 0 Å². The molecule has 0 aromatic heterocycles. The summed E-state index contributed by atoms with van der Waals surface area (Å²) in [4.78, 5) is 2.31. The van der Waals surface area contributed by atoms with E-state index in [1.165, 1.54) is 5.70 Å². The van der Waals surface area contributed by atoms with Crippen molar-refractivity contribution in [3.05, 3.63) is 36.6 Å². The number of allylic oxidation sites excluding steroid dienone is 5. The molecule has 0 spiro atoms. The fourth-order valence-electron chi connectivity index (χ4n) is 1.19. The van der Waals surface area contributed by atoms with E-state index in [1.807, 2.05) is 12.2 Å². The van der Waals surface area contributed by atoms with Crippen LogP contribution in [0.1, 0.15) is 6.92 Å². The summed E-state index contributed by atoms with van der Waals surface area (Å²) in [5.74, 6) is 0. The van der Waals surface area contributed by atoms with Gasteiger partial charge in [0.2, 0.25) is 0 Å². The lowest BCUT2D eigenvalue weighted by atomic mass is 10.3. The van der Waals surface area contributed by atoms with E-state index in [0.29, 0.717) is 0 Å². The number of aliphatic hydroxyl groups excluding tert-OH is 1. The van der Waals surface area contributed by atoms with E-state index >= 15 is 0 Å². The first-order chi connectivity index (χ1) is 6.84. The van der Waals surface area contributed by atoms with Crippen LogP contribution in [0, 0.1) is 0 Å². The molecule has 1 aliphatic heterocycles. The summed E-state index contributed by atoms with van der Waals surface area (Å²) in [5.41, 5.74) is 1.30. The molecule has 0 amide bonds. The molecule has 0 aromatic carbocycles. The van der Waals surface area contributed by atoms with Gasteiger partial charge in [-0.25, -0.2) is 0 Å². The lowest BCUT2D eigenvalue weighted by molar-refractivity contribution is 0.399. The first-order valence-corrected chi connectivity index (χ1v) is 4.71. The highest BCUT2D eigenvalue weighted by molar-refractivity contribution is 5.14. The van der Waals surface area contributed by atoms with Gasteiger partial charge in [-0.2, -0.15) is 0 Å². The Balaban J connectivity index is 0.000000791. The molecule has 0 aliphatic carbocycles. The number of hydrogen-bond donors (Lipinski definition) is 2. The largest absolute Gasteiger partial charge is 0.400 e. The summed E-state index contributed by atoms with van der Waals surface area (Å²) in [6.45, 7) is 8.92. The highest BCUT2D eigenvalue weighted by Crippen LogP contribution is 2.04. The van der Waals surface area contributed by atoms with Gasteiger partial charge in [0.05, 0.1) is 6.67 Å². The minimum atomic E-state index is 0.976. The van der Waals surface area contributed by atoms with Crippen LogP contribution in [0.3, 0.4) is 0 Å². The van der Waals surface area contributed by atoms with Crippen molar-refractivity contribution in [3.8, 4) is 0 Å². The molecule has 1 saturated heterocycles. The average Bonchev–Trinajstić information content (AvgIpc) is 2.74. The number of nitrogens with zero attached hydrogens (tertiary/aromatic N) is 1. The standard InChI is InChI=1S/C10H16N2.CH4O/c1-3-4-5-6-10(2)12-8-7-11-9-12;1-2/h3-6,11H,1,7-9H2,2H3;2H,1H3/b5-4-,10-6+;. The Hall–Kier alpha value is -1.06. The van der Waals surface area contributed by atoms with Gasteiger partial charge < -0.3 is 10.0 Å². The van der Waals surface area contributed by atoms with Gasteiger partial charge in [0.1, 0.15) is 0 Å². The zero-order chi connectivity index (χ0) is 10.8. The molecule has 1 heterocycles. The number of aliphatic hydroxyl groups is 1. The highest BCUT2D eigenvalue weighted by atomic mass is 16.2. The lowest BCUT2D eigenvalue weighted by Crippen LogP contribution is -2.19. The van der Waals surface area contributed by atoms with Crippen LogP contribution in [0.25, 0.3) is 0 Å². The Morgan fingerprint density at radius 2 is 2.14 bits per heavy atom. The van der Waals surface area contributed by atoms with Crippen LogP contribution in [0.2, 0.25) is 0 Å². The monoisotopic (exact) mass is 196 g/mol. The molecule has 1 aliphatic rings. The molecule has 0 radical (unpaired) electrons.